The molecule has 1 aliphatic carbocycles. The average molecular weight is 453 g/mol. The summed E-state index contributed by atoms with van der Waals surface area (Å²) in [6, 6.07) is 13.8. The van der Waals surface area contributed by atoms with E-state index in [0.29, 0.717) is 15.0 Å². The van der Waals surface area contributed by atoms with E-state index in [1.807, 2.05) is 41.8 Å². The molecule has 5 rings (SSSR count). The van der Waals surface area contributed by atoms with Crippen LogP contribution in [0.1, 0.15) is 34.1 Å². The Bertz CT molecular complexity index is 1390. The number of thiophene rings is 1. The van der Waals surface area contributed by atoms with Gasteiger partial charge >= 0.3 is 5.63 Å². The van der Waals surface area contributed by atoms with Crippen molar-refractivity contribution in [1.29, 1.82) is 0 Å². The summed E-state index contributed by atoms with van der Waals surface area (Å²) in [5.41, 5.74) is 2.52. The van der Waals surface area contributed by atoms with Crippen molar-refractivity contribution in [2.24, 2.45) is 0 Å². The highest BCUT2D eigenvalue weighted by Gasteiger charge is 2.29. The minimum atomic E-state index is -0.551. The third kappa shape index (κ3) is 3.19. The van der Waals surface area contributed by atoms with Crippen LogP contribution in [0.2, 0.25) is 0 Å². The Morgan fingerprint density at radius 2 is 2.03 bits per heavy atom. The lowest BCUT2D eigenvalue weighted by Crippen LogP contribution is -2.13. The summed E-state index contributed by atoms with van der Waals surface area (Å²) in [5, 5.41) is 13.2. The number of fused-ring (bicyclic) bond motifs is 3. The van der Waals surface area contributed by atoms with Gasteiger partial charge in [-0.3, -0.25) is 0 Å². The van der Waals surface area contributed by atoms with E-state index in [9.17, 15) is 9.90 Å². The number of hydrogen-bond donors (Lipinski definition) is 1. The molecule has 4 nitrogen and oxygen atoms in total. The van der Waals surface area contributed by atoms with Crippen molar-refractivity contribution in [3.8, 4) is 10.8 Å². The van der Waals surface area contributed by atoms with Gasteiger partial charge < -0.3 is 14.3 Å². The first-order valence-electron chi connectivity index (χ1n) is 9.27. The van der Waals surface area contributed by atoms with Crippen LogP contribution in [0.4, 0.5) is 0 Å². The molecule has 0 bridgehead atoms. The lowest BCUT2D eigenvalue weighted by atomic mass is 9.79. The number of hydrogen-bond acceptors (Lipinski definition) is 7. The van der Waals surface area contributed by atoms with Gasteiger partial charge in [0.1, 0.15) is 16.9 Å². The molecule has 0 spiro atoms. The molecule has 4 aromatic rings. The van der Waals surface area contributed by atoms with Crippen LogP contribution in [0, 0.1) is 3.82 Å². The van der Waals surface area contributed by atoms with Gasteiger partial charge in [-0.2, -0.15) is 0 Å². The third-order valence-corrected chi connectivity index (χ3v) is 7.37. The van der Waals surface area contributed by atoms with E-state index in [1.165, 1.54) is 0 Å². The zero-order valence-corrected chi connectivity index (χ0v) is 18.3. The fourth-order valence-electron chi connectivity index (χ4n) is 3.99. The van der Waals surface area contributed by atoms with Crippen molar-refractivity contribution < 1.29 is 14.3 Å². The molecule has 0 aliphatic heterocycles. The van der Waals surface area contributed by atoms with E-state index < -0.39 is 5.63 Å². The zero-order chi connectivity index (χ0) is 20.8. The van der Waals surface area contributed by atoms with Gasteiger partial charge in [-0.05, 0) is 53.3 Å². The first-order valence-corrected chi connectivity index (χ1v) is 11.4. The van der Waals surface area contributed by atoms with Gasteiger partial charge in [-0.25, -0.2) is 4.79 Å². The lowest BCUT2D eigenvalue weighted by Gasteiger charge is -2.26. The quantitative estimate of drug-likeness (QED) is 0.363. The van der Waals surface area contributed by atoms with E-state index in [-0.39, 0.29) is 16.4 Å². The molecule has 0 saturated heterocycles. The second-order valence-electron chi connectivity index (χ2n) is 7.00. The van der Waals surface area contributed by atoms with Crippen LogP contribution in [0.5, 0.6) is 10.8 Å². The van der Waals surface area contributed by atoms with Crippen LogP contribution in [-0.2, 0) is 0 Å². The summed E-state index contributed by atoms with van der Waals surface area (Å²) >= 11 is 8.01. The van der Waals surface area contributed by atoms with E-state index >= 15 is 0 Å². The van der Waals surface area contributed by atoms with E-state index in [4.69, 9.17) is 21.4 Å². The molecule has 7 heteroatoms. The number of methoxy groups -OCH3 is 1. The number of rotatable bonds is 3. The largest absolute Gasteiger partial charge is 0.499 e. The Morgan fingerprint density at radius 1 is 1.23 bits per heavy atom. The SMILES string of the molecule is COc1ccc(C2CC(c3cccs3)=Cc3oc(=O)c4c(O)sc(=S)cc4c32)cc1. The molecule has 3 heterocycles. The van der Waals surface area contributed by atoms with Gasteiger partial charge in [-0.1, -0.05) is 41.8 Å². The molecule has 0 fully saturated rings. The standard InChI is InChI=1S/C23H16O4S3/c1-26-14-6-4-12(5-7-14)15-9-13(18-3-2-8-29-18)10-17-20(15)16-11-19(28)30-23(25)21(16)22(24)27-17/h2-8,10-11,15,25H,9H2,1H3. The Labute approximate surface area is 185 Å². The van der Waals surface area contributed by atoms with Crippen LogP contribution in [0.15, 0.2) is 57.1 Å². The van der Waals surface area contributed by atoms with Crippen molar-refractivity contribution in [2.45, 2.75) is 12.3 Å². The lowest BCUT2D eigenvalue weighted by molar-refractivity contribution is 0.414. The number of benzene rings is 1. The maximum Gasteiger partial charge on any atom is 0.348 e. The summed E-state index contributed by atoms with van der Waals surface area (Å²) < 4.78 is 11.6. The zero-order valence-electron chi connectivity index (χ0n) is 15.9. The van der Waals surface area contributed by atoms with Gasteiger partial charge in [0.25, 0.3) is 0 Å². The molecule has 3 aromatic heterocycles. The van der Waals surface area contributed by atoms with Gasteiger partial charge in [0.2, 0.25) is 0 Å². The smallest absolute Gasteiger partial charge is 0.348 e. The van der Waals surface area contributed by atoms with Crippen molar-refractivity contribution in [3.63, 3.8) is 0 Å². The predicted octanol–water partition coefficient (Wildman–Crippen LogP) is 6.44. The molecule has 1 N–H and O–H groups in total. The third-order valence-electron chi connectivity index (χ3n) is 5.34. The molecular weight excluding hydrogens is 436 g/mol. The molecule has 0 radical (unpaired) electrons. The Kier molecular flexibility index (Phi) is 4.81. The highest BCUT2D eigenvalue weighted by Crippen LogP contribution is 2.46. The maximum absolute atomic E-state index is 12.7. The van der Waals surface area contributed by atoms with E-state index in [1.54, 1.807) is 24.5 Å². The monoisotopic (exact) mass is 452 g/mol. The van der Waals surface area contributed by atoms with Crippen LogP contribution < -0.4 is 10.4 Å². The Hall–Kier alpha value is -2.74. The molecule has 150 valence electrons. The Balaban J connectivity index is 1.83. The summed E-state index contributed by atoms with van der Waals surface area (Å²) in [6.45, 7) is 0. The van der Waals surface area contributed by atoms with E-state index in [0.717, 1.165) is 45.1 Å². The summed E-state index contributed by atoms with van der Waals surface area (Å²) in [4.78, 5) is 13.8. The summed E-state index contributed by atoms with van der Waals surface area (Å²) in [5.74, 6) is 1.24. The minimum absolute atomic E-state index is 0.0546. The molecule has 0 amide bonds. The van der Waals surface area contributed by atoms with Crippen LogP contribution in [0.3, 0.4) is 0 Å². The highest BCUT2D eigenvalue weighted by molar-refractivity contribution is 7.73. The second kappa shape index (κ2) is 7.50. The first-order chi connectivity index (χ1) is 14.5. The van der Waals surface area contributed by atoms with Crippen LogP contribution in [0.25, 0.3) is 22.4 Å². The summed E-state index contributed by atoms with van der Waals surface area (Å²) in [7, 11) is 1.64. The van der Waals surface area contributed by atoms with Crippen molar-refractivity contribution >= 4 is 57.3 Å². The topological polar surface area (TPSA) is 59.7 Å². The first kappa shape index (κ1) is 19.2. The van der Waals surface area contributed by atoms with Gasteiger partial charge in [0, 0.05) is 21.7 Å². The maximum atomic E-state index is 12.7. The Morgan fingerprint density at radius 3 is 2.73 bits per heavy atom. The molecule has 1 aliphatic rings. The summed E-state index contributed by atoms with van der Waals surface area (Å²) in [6.07, 6.45) is 2.69. The molecule has 1 aromatic carbocycles. The number of ether oxygens (including phenoxy) is 1. The highest BCUT2D eigenvalue weighted by atomic mass is 32.1. The van der Waals surface area contributed by atoms with Gasteiger partial charge in [-0.15, -0.1) is 11.3 Å². The normalized spacial score (nSPS) is 15.6. The van der Waals surface area contributed by atoms with Gasteiger partial charge in [0.05, 0.1) is 10.9 Å². The molecule has 1 unspecified atom stereocenters. The predicted molar refractivity (Wildman–Crippen MR) is 125 cm³/mol. The number of allylic oxidation sites excluding steroid dienone is 1. The van der Waals surface area contributed by atoms with Crippen LogP contribution >= 0.6 is 34.9 Å². The van der Waals surface area contributed by atoms with Crippen molar-refractivity contribution in [1.82, 2.24) is 0 Å². The minimum Gasteiger partial charge on any atom is -0.499 e. The average Bonchev–Trinajstić information content (AvgIpc) is 3.27. The molecule has 30 heavy (non-hydrogen) atoms. The van der Waals surface area contributed by atoms with E-state index in [2.05, 4.69) is 6.07 Å². The fraction of sp³-hybridized carbons (Fsp3) is 0.130. The van der Waals surface area contributed by atoms with Crippen molar-refractivity contribution in [2.75, 3.05) is 7.11 Å². The van der Waals surface area contributed by atoms with Gasteiger partial charge in [0.15, 0.2) is 5.06 Å². The van der Waals surface area contributed by atoms with Crippen LogP contribution in [-0.4, -0.2) is 12.2 Å². The molecular formula is C23H16O4S3. The molecule has 0 saturated carbocycles. The molecule has 1 atom stereocenters. The fourth-order valence-corrected chi connectivity index (χ4v) is 5.76. The van der Waals surface area contributed by atoms with Crippen molar-refractivity contribution in [3.05, 3.63) is 83.9 Å². The second-order valence-corrected chi connectivity index (χ2v) is 9.68. The number of aromatic hydroxyl groups is 1.